The lowest BCUT2D eigenvalue weighted by molar-refractivity contribution is 0.306. The Morgan fingerprint density at radius 1 is 1.06 bits per heavy atom. The van der Waals surface area contributed by atoms with Gasteiger partial charge in [-0.2, -0.15) is 9.50 Å². The number of ether oxygens (including phenoxy) is 1. The van der Waals surface area contributed by atoms with Gasteiger partial charge in [-0.15, -0.1) is 5.10 Å². The van der Waals surface area contributed by atoms with Crippen LogP contribution in [0.2, 0.25) is 0 Å². The fraction of sp³-hybridized carbons (Fsp3) is 0.320. The summed E-state index contributed by atoms with van der Waals surface area (Å²) in [7, 11) is 0. The maximum Gasteiger partial charge on any atom is 0.291 e. The molecule has 160 valence electrons. The summed E-state index contributed by atoms with van der Waals surface area (Å²) in [4.78, 5) is 18.0. The van der Waals surface area contributed by atoms with Crippen LogP contribution in [0.4, 0.5) is 0 Å². The summed E-state index contributed by atoms with van der Waals surface area (Å²) in [6.07, 6.45) is 5.31. The number of rotatable bonds is 8. The van der Waals surface area contributed by atoms with Gasteiger partial charge >= 0.3 is 0 Å². The number of thiazole rings is 1. The van der Waals surface area contributed by atoms with Gasteiger partial charge in [-0.3, -0.25) is 4.79 Å². The van der Waals surface area contributed by atoms with Gasteiger partial charge in [0.25, 0.3) is 5.56 Å². The van der Waals surface area contributed by atoms with E-state index in [1.165, 1.54) is 34.3 Å². The van der Waals surface area contributed by atoms with Gasteiger partial charge in [-0.05, 0) is 53.8 Å². The van der Waals surface area contributed by atoms with Crippen LogP contribution < -0.4 is 14.8 Å². The molecule has 4 rings (SSSR count). The van der Waals surface area contributed by atoms with Crippen LogP contribution in [0.15, 0.2) is 53.3 Å². The van der Waals surface area contributed by atoms with Crippen LogP contribution in [0.3, 0.4) is 0 Å². The summed E-state index contributed by atoms with van der Waals surface area (Å²) < 4.78 is 7.78. The molecule has 2 aromatic carbocycles. The highest BCUT2D eigenvalue weighted by atomic mass is 32.1. The Hall–Kier alpha value is -2.99. The molecule has 0 amide bonds. The minimum absolute atomic E-state index is 0.137. The highest BCUT2D eigenvalue weighted by molar-refractivity contribution is 7.15. The monoisotopic (exact) mass is 433 g/mol. The summed E-state index contributed by atoms with van der Waals surface area (Å²) in [6.45, 7) is 7.24. The summed E-state index contributed by atoms with van der Waals surface area (Å²) in [5.74, 6) is 1.87. The van der Waals surface area contributed by atoms with Crippen LogP contribution in [-0.2, 0) is 0 Å². The summed E-state index contributed by atoms with van der Waals surface area (Å²) in [6, 6.07) is 16.0. The summed E-state index contributed by atoms with van der Waals surface area (Å²) in [5.41, 5.74) is 3.01. The van der Waals surface area contributed by atoms with Gasteiger partial charge in [0.15, 0.2) is 5.82 Å². The minimum atomic E-state index is -0.137. The molecule has 0 fully saturated rings. The Kier molecular flexibility index (Phi) is 6.47. The zero-order valence-electron chi connectivity index (χ0n) is 18.2. The first kappa shape index (κ1) is 21.2. The topological polar surface area (TPSA) is 56.5 Å². The van der Waals surface area contributed by atoms with E-state index in [-0.39, 0.29) is 5.56 Å². The number of aromatic nitrogens is 3. The van der Waals surface area contributed by atoms with E-state index >= 15 is 0 Å². The molecule has 0 radical (unpaired) electrons. The largest absolute Gasteiger partial charge is 0.494 e. The second-order valence-electron chi connectivity index (χ2n) is 7.95. The zero-order chi connectivity index (χ0) is 21.8. The second kappa shape index (κ2) is 9.43. The molecule has 6 heteroatoms. The molecule has 0 N–H and O–H groups in total. The van der Waals surface area contributed by atoms with Gasteiger partial charge in [0.2, 0.25) is 4.96 Å². The van der Waals surface area contributed by atoms with Crippen molar-refractivity contribution in [2.75, 3.05) is 6.61 Å². The van der Waals surface area contributed by atoms with Gasteiger partial charge in [0, 0.05) is 5.56 Å². The summed E-state index contributed by atoms with van der Waals surface area (Å²) in [5, 5.41) is 4.44. The molecular formula is C25H27N3O2S. The van der Waals surface area contributed by atoms with Crippen molar-refractivity contribution in [3.8, 4) is 17.1 Å². The van der Waals surface area contributed by atoms with Gasteiger partial charge in [0.05, 0.1) is 11.1 Å². The van der Waals surface area contributed by atoms with E-state index in [1.807, 2.05) is 42.5 Å². The molecule has 0 unspecified atom stereocenters. The molecule has 31 heavy (non-hydrogen) atoms. The molecule has 2 aromatic heterocycles. The predicted molar refractivity (Wildman–Crippen MR) is 127 cm³/mol. The van der Waals surface area contributed by atoms with E-state index in [1.54, 1.807) is 0 Å². The minimum Gasteiger partial charge on any atom is -0.494 e. The SMILES string of the molecule is CCCCCOc1ccc(-c2nc3s/c(=C\c4ccc(C(C)C)cc4)c(=O)n3n2)cc1. The number of benzene rings is 2. The van der Waals surface area contributed by atoms with Crippen LogP contribution in [0.5, 0.6) is 5.75 Å². The molecule has 0 atom stereocenters. The number of fused-ring (bicyclic) bond motifs is 1. The third-order valence-corrected chi connectivity index (χ3v) is 6.17. The van der Waals surface area contributed by atoms with Crippen molar-refractivity contribution in [3.05, 3.63) is 74.5 Å². The van der Waals surface area contributed by atoms with E-state index in [9.17, 15) is 4.79 Å². The van der Waals surface area contributed by atoms with Crippen LogP contribution in [-0.4, -0.2) is 21.2 Å². The average molecular weight is 434 g/mol. The van der Waals surface area contributed by atoms with E-state index in [2.05, 4.69) is 43.0 Å². The molecule has 0 aliphatic heterocycles. The molecular weight excluding hydrogens is 406 g/mol. The van der Waals surface area contributed by atoms with Crippen molar-refractivity contribution in [2.45, 2.75) is 46.0 Å². The Morgan fingerprint density at radius 2 is 1.81 bits per heavy atom. The van der Waals surface area contributed by atoms with Gasteiger partial charge in [0.1, 0.15) is 5.75 Å². The fourth-order valence-corrected chi connectivity index (χ4v) is 4.23. The van der Waals surface area contributed by atoms with Crippen LogP contribution >= 0.6 is 11.3 Å². The Balaban J connectivity index is 1.54. The van der Waals surface area contributed by atoms with Crippen molar-refractivity contribution >= 4 is 22.4 Å². The molecule has 0 saturated heterocycles. The molecule has 0 spiro atoms. The molecule has 4 aromatic rings. The number of hydrogen-bond donors (Lipinski definition) is 0. The predicted octanol–water partition coefficient (Wildman–Crippen LogP) is 5.06. The lowest BCUT2D eigenvalue weighted by Crippen LogP contribution is -2.23. The Labute approximate surface area is 186 Å². The van der Waals surface area contributed by atoms with Gasteiger partial charge < -0.3 is 4.74 Å². The Bertz CT molecular complexity index is 1260. The van der Waals surface area contributed by atoms with E-state index < -0.39 is 0 Å². The molecule has 5 nitrogen and oxygen atoms in total. The molecule has 0 saturated carbocycles. The number of hydrogen-bond acceptors (Lipinski definition) is 5. The molecule has 0 bridgehead atoms. The lowest BCUT2D eigenvalue weighted by atomic mass is 10.0. The van der Waals surface area contributed by atoms with E-state index in [4.69, 9.17) is 4.74 Å². The third-order valence-electron chi connectivity index (χ3n) is 5.21. The first-order chi connectivity index (χ1) is 15.0. The standard InChI is InChI=1S/C25H27N3O2S/c1-4-5-6-15-30-21-13-11-20(12-14-21)23-26-25-28(27-23)24(29)22(31-25)16-18-7-9-19(10-8-18)17(2)3/h7-14,16-17H,4-6,15H2,1-3H3/b22-16-. The Morgan fingerprint density at radius 3 is 2.45 bits per heavy atom. The molecule has 2 heterocycles. The van der Waals surface area contributed by atoms with Crippen molar-refractivity contribution in [1.29, 1.82) is 0 Å². The number of nitrogens with zero attached hydrogens (tertiary/aromatic N) is 3. The molecule has 0 aliphatic rings. The van der Waals surface area contributed by atoms with Crippen LogP contribution in [0.25, 0.3) is 22.4 Å². The maximum atomic E-state index is 12.8. The highest BCUT2D eigenvalue weighted by Gasteiger charge is 2.12. The van der Waals surface area contributed by atoms with Crippen molar-refractivity contribution < 1.29 is 4.74 Å². The second-order valence-corrected chi connectivity index (χ2v) is 8.96. The highest BCUT2D eigenvalue weighted by Crippen LogP contribution is 2.21. The summed E-state index contributed by atoms with van der Waals surface area (Å²) >= 11 is 1.36. The average Bonchev–Trinajstić information content (AvgIpc) is 3.31. The third kappa shape index (κ3) is 4.85. The van der Waals surface area contributed by atoms with Gasteiger partial charge in [-0.25, -0.2) is 0 Å². The van der Waals surface area contributed by atoms with Crippen LogP contribution in [0.1, 0.15) is 57.1 Å². The van der Waals surface area contributed by atoms with E-state index in [0.717, 1.165) is 29.9 Å². The smallest absolute Gasteiger partial charge is 0.291 e. The van der Waals surface area contributed by atoms with E-state index in [0.29, 0.717) is 21.2 Å². The fourth-order valence-electron chi connectivity index (χ4n) is 3.33. The van der Waals surface area contributed by atoms with Crippen molar-refractivity contribution in [3.63, 3.8) is 0 Å². The van der Waals surface area contributed by atoms with Crippen molar-refractivity contribution in [2.24, 2.45) is 0 Å². The van der Waals surface area contributed by atoms with Crippen LogP contribution in [0, 0.1) is 0 Å². The first-order valence-electron chi connectivity index (χ1n) is 10.8. The maximum absolute atomic E-state index is 12.8. The van der Waals surface area contributed by atoms with Gasteiger partial charge in [-0.1, -0.05) is 69.2 Å². The molecule has 0 aliphatic carbocycles. The number of unbranched alkanes of at least 4 members (excludes halogenated alkanes) is 2. The lowest BCUT2D eigenvalue weighted by Gasteiger charge is -2.05. The normalized spacial score (nSPS) is 12.2. The zero-order valence-corrected chi connectivity index (χ0v) is 19.0. The first-order valence-corrected chi connectivity index (χ1v) is 11.6. The quantitative estimate of drug-likeness (QED) is 0.365. The van der Waals surface area contributed by atoms with Crippen molar-refractivity contribution in [1.82, 2.24) is 14.6 Å².